The van der Waals surface area contributed by atoms with E-state index in [0.717, 1.165) is 19.3 Å². The number of thioether (sulfide) groups is 1. The first kappa shape index (κ1) is 25.8. The smallest absolute Gasteiger partial charge is 0.247 e. The minimum atomic E-state index is -0.686. The number of carbonyl (C=O) groups excluding carboxylic acids is 3. The number of hydrogen-bond donors (Lipinski definition) is 1. The van der Waals surface area contributed by atoms with Gasteiger partial charge in [0.15, 0.2) is 0 Å². The van der Waals surface area contributed by atoms with Crippen molar-refractivity contribution < 1.29 is 19.5 Å². The summed E-state index contributed by atoms with van der Waals surface area (Å²) in [6, 6.07) is -0.675. The zero-order chi connectivity index (χ0) is 24.5. The molecular weight excluding hydrogens is 438 g/mol. The number of aliphatic hydroxyl groups is 1. The fourth-order valence-corrected chi connectivity index (χ4v) is 8.73. The van der Waals surface area contributed by atoms with Crippen LogP contribution < -0.4 is 0 Å². The van der Waals surface area contributed by atoms with Crippen LogP contribution in [0.25, 0.3) is 0 Å². The van der Waals surface area contributed by atoms with Crippen molar-refractivity contribution in [2.24, 2.45) is 17.8 Å². The molecule has 2 bridgehead atoms. The minimum Gasteiger partial charge on any atom is -0.395 e. The van der Waals surface area contributed by atoms with Gasteiger partial charge in [-0.3, -0.25) is 14.4 Å². The molecule has 3 aliphatic rings. The Labute approximate surface area is 202 Å². The maximum atomic E-state index is 14.1. The Kier molecular flexibility index (Phi) is 7.99. The van der Waals surface area contributed by atoms with E-state index in [9.17, 15) is 19.5 Å². The normalized spacial score (nSPS) is 33.1. The molecule has 0 aromatic rings. The Morgan fingerprint density at radius 3 is 2.55 bits per heavy atom. The molecule has 0 aromatic carbocycles. The number of carbonyl (C=O) groups is 3. The van der Waals surface area contributed by atoms with Crippen molar-refractivity contribution >= 4 is 29.5 Å². The maximum absolute atomic E-state index is 14.1. The standard InChI is InChI=1S/C25H39N3O4S/c1-7-10-17(5)27(12-9-3)24(32)21-25-16(4)15-18(33-25)19(22(30)26(6)11-8-2)20(25)23(31)28(21)13-14-29/h8-9,16-21,29H,2-3,7,10-15H2,1,4-6H3/t16?,17?,18-,19+,20+,21?,25?/m1/s1. The topological polar surface area (TPSA) is 81.2 Å². The lowest BCUT2D eigenvalue weighted by molar-refractivity contribution is -0.145. The van der Waals surface area contributed by atoms with Crippen molar-refractivity contribution in [3.8, 4) is 0 Å². The highest BCUT2D eigenvalue weighted by Crippen LogP contribution is 2.68. The van der Waals surface area contributed by atoms with E-state index in [1.807, 2.05) is 11.8 Å². The van der Waals surface area contributed by atoms with E-state index < -0.39 is 22.6 Å². The second-order valence-electron chi connectivity index (χ2n) is 9.73. The summed E-state index contributed by atoms with van der Waals surface area (Å²) >= 11 is 1.67. The van der Waals surface area contributed by atoms with Crippen LogP contribution in [0.15, 0.2) is 25.3 Å². The molecule has 1 spiro atoms. The lowest BCUT2D eigenvalue weighted by atomic mass is 9.65. The van der Waals surface area contributed by atoms with E-state index in [1.165, 1.54) is 0 Å². The molecule has 4 unspecified atom stereocenters. The molecule has 3 fully saturated rings. The molecule has 33 heavy (non-hydrogen) atoms. The molecule has 3 rings (SSSR count). The third-order valence-corrected chi connectivity index (χ3v) is 9.81. The Morgan fingerprint density at radius 1 is 1.30 bits per heavy atom. The zero-order valence-corrected chi connectivity index (χ0v) is 21.2. The Balaban J connectivity index is 2.06. The van der Waals surface area contributed by atoms with Gasteiger partial charge in [0.1, 0.15) is 6.04 Å². The molecular formula is C25H39N3O4S. The lowest BCUT2D eigenvalue weighted by Crippen LogP contribution is -2.59. The number of nitrogens with zero attached hydrogens (tertiary/aromatic N) is 3. The summed E-state index contributed by atoms with van der Waals surface area (Å²) in [6.07, 6.45) is 6.01. The lowest BCUT2D eigenvalue weighted by Gasteiger charge is -2.42. The zero-order valence-electron chi connectivity index (χ0n) is 20.4. The van der Waals surface area contributed by atoms with Crippen LogP contribution >= 0.6 is 11.8 Å². The SMILES string of the molecule is C=CCN(C)C(=O)[C@@H]1[C@H]2C(=O)N(CCO)C(C(=O)N(CC=C)C(C)CCC)C23S[C@@H]1CC3C. The van der Waals surface area contributed by atoms with Gasteiger partial charge < -0.3 is 19.8 Å². The molecule has 7 atom stereocenters. The van der Waals surface area contributed by atoms with E-state index in [2.05, 4.69) is 27.0 Å². The number of β-amino-alcohol motifs (C(OH)–C–C–N with tert-alkyl or cyclic N) is 1. The van der Waals surface area contributed by atoms with Crippen molar-refractivity contribution in [3.63, 3.8) is 0 Å². The summed E-state index contributed by atoms with van der Waals surface area (Å²) in [5.41, 5.74) is 0. The molecule has 1 N–H and O–H groups in total. The summed E-state index contributed by atoms with van der Waals surface area (Å²) in [4.78, 5) is 46.4. The van der Waals surface area contributed by atoms with E-state index >= 15 is 0 Å². The van der Waals surface area contributed by atoms with Gasteiger partial charge in [0.25, 0.3) is 0 Å². The molecule has 3 heterocycles. The maximum Gasteiger partial charge on any atom is 0.247 e. The second-order valence-corrected chi connectivity index (χ2v) is 11.3. The van der Waals surface area contributed by atoms with Crippen molar-refractivity contribution in [1.29, 1.82) is 0 Å². The Bertz CT molecular complexity index is 805. The third kappa shape index (κ3) is 4.03. The van der Waals surface area contributed by atoms with Crippen LogP contribution in [0.3, 0.4) is 0 Å². The molecule has 8 heteroatoms. The van der Waals surface area contributed by atoms with Crippen molar-refractivity contribution in [2.75, 3.05) is 33.3 Å². The van der Waals surface area contributed by atoms with E-state index in [-0.39, 0.29) is 48.1 Å². The molecule has 3 amide bonds. The van der Waals surface area contributed by atoms with Crippen molar-refractivity contribution in [3.05, 3.63) is 25.3 Å². The number of likely N-dealkylation sites (tertiary alicyclic amines) is 1. The van der Waals surface area contributed by atoms with Crippen molar-refractivity contribution in [1.82, 2.24) is 14.7 Å². The monoisotopic (exact) mass is 477 g/mol. The highest BCUT2D eigenvalue weighted by atomic mass is 32.2. The van der Waals surface area contributed by atoms with Crippen LogP contribution in [-0.2, 0) is 14.4 Å². The fraction of sp³-hybridized carbons (Fsp3) is 0.720. The molecule has 0 aromatic heterocycles. The first-order valence-corrected chi connectivity index (χ1v) is 12.9. The Morgan fingerprint density at radius 2 is 1.97 bits per heavy atom. The first-order chi connectivity index (χ1) is 15.7. The van der Waals surface area contributed by atoms with Crippen LogP contribution in [0.5, 0.6) is 0 Å². The van der Waals surface area contributed by atoms with Gasteiger partial charge in [-0.2, -0.15) is 0 Å². The number of fused-ring (bicyclic) bond motifs is 1. The number of aliphatic hydroxyl groups excluding tert-OH is 1. The highest BCUT2D eigenvalue weighted by Gasteiger charge is 2.76. The van der Waals surface area contributed by atoms with Gasteiger partial charge in [-0.05, 0) is 25.7 Å². The van der Waals surface area contributed by atoms with Gasteiger partial charge >= 0.3 is 0 Å². The summed E-state index contributed by atoms with van der Waals surface area (Å²) in [6.45, 7) is 14.5. The number of amides is 3. The molecule has 7 nitrogen and oxygen atoms in total. The van der Waals surface area contributed by atoms with Gasteiger partial charge in [0.05, 0.1) is 23.2 Å². The van der Waals surface area contributed by atoms with E-state index in [0.29, 0.717) is 13.1 Å². The van der Waals surface area contributed by atoms with E-state index in [1.54, 1.807) is 40.8 Å². The second kappa shape index (κ2) is 10.2. The first-order valence-electron chi connectivity index (χ1n) is 12.1. The van der Waals surface area contributed by atoms with Gasteiger partial charge in [-0.1, -0.05) is 32.4 Å². The van der Waals surface area contributed by atoms with Crippen LogP contribution in [0.4, 0.5) is 0 Å². The van der Waals surface area contributed by atoms with Gasteiger partial charge in [-0.15, -0.1) is 24.9 Å². The Hall–Kier alpha value is -1.80. The van der Waals surface area contributed by atoms with E-state index in [4.69, 9.17) is 0 Å². The molecule has 3 aliphatic heterocycles. The largest absolute Gasteiger partial charge is 0.395 e. The predicted molar refractivity (Wildman–Crippen MR) is 132 cm³/mol. The van der Waals surface area contributed by atoms with Crippen LogP contribution in [0, 0.1) is 17.8 Å². The summed E-state index contributed by atoms with van der Waals surface area (Å²) < 4.78 is -0.658. The number of rotatable bonds is 11. The average Bonchev–Trinajstić information content (AvgIpc) is 3.36. The summed E-state index contributed by atoms with van der Waals surface area (Å²) in [5, 5.41) is 9.80. The quantitative estimate of drug-likeness (QED) is 0.461. The van der Waals surface area contributed by atoms with Gasteiger partial charge in [0, 0.05) is 38.0 Å². The third-order valence-electron chi connectivity index (χ3n) is 7.73. The van der Waals surface area contributed by atoms with Crippen molar-refractivity contribution in [2.45, 2.75) is 62.1 Å². The molecule has 0 saturated carbocycles. The van der Waals surface area contributed by atoms with Gasteiger partial charge in [-0.25, -0.2) is 0 Å². The van der Waals surface area contributed by atoms with Gasteiger partial charge in [0.2, 0.25) is 17.7 Å². The summed E-state index contributed by atoms with van der Waals surface area (Å²) in [7, 11) is 1.74. The number of hydrogen-bond acceptors (Lipinski definition) is 5. The summed E-state index contributed by atoms with van der Waals surface area (Å²) in [5.74, 6) is -1.21. The molecule has 3 saturated heterocycles. The van der Waals surface area contributed by atoms with Crippen LogP contribution in [0.2, 0.25) is 0 Å². The molecule has 184 valence electrons. The molecule has 0 radical (unpaired) electrons. The molecule has 0 aliphatic carbocycles. The predicted octanol–water partition coefficient (Wildman–Crippen LogP) is 2.16. The van der Waals surface area contributed by atoms with Crippen LogP contribution in [0.1, 0.15) is 40.0 Å². The van der Waals surface area contributed by atoms with Crippen LogP contribution in [-0.4, -0.2) is 92.9 Å². The number of likely N-dealkylation sites (N-methyl/N-ethyl adjacent to an activating group) is 1. The average molecular weight is 478 g/mol. The highest BCUT2D eigenvalue weighted by molar-refractivity contribution is 8.02. The fourth-order valence-electron chi connectivity index (χ4n) is 6.32. The minimum absolute atomic E-state index is 0.0112.